The van der Waals surface area contributed by atoms with Gasteiger partial charge in [-0.3, -0.25) is 4.99 Å². The lowest BCUT2D eigenvalue weighted by atomic mass is 9.94. The highest BCUT2D eigenvalue weighted by Gasteiger charge is 2.21. The second-order valence-corrected chi connectivity index (χ2v) is 6.95. The number of likely N-dealkylation sites (N-methyl/N-ethyl adjacent to an activating group) is 1. The Bertz CT molecular complexity index is 503. The molecule has 1 aromatic rings. The van der Waals surface area contributed by atoms with Crippen LogP contribution < -0.4 is 10.6 Å². The second-order valence-electron chi connectivity index (χ2n) is 6.95. The van der Waals surface area contributed by atoms with E-state index in [4.69, 9.17) is 4.42 Å². The van der Waals surface area contributed by atoms with Crippen molar-refractivity contribution in [2.75, 3.05) is 27.2 Å². The smallest absolute Gasteiger partial charge is 0.213 e. The van der Waals surface area contributed by atoms with Crippen molar-refractivity contribution < 1.29 is 4.42 Å². The summed E-state index contributed by atoms with van der Waals surface area (Å²) in [6, 6.07) is 0.591. The number of nitrogens with zero attached hydrogens (tertiary/aromatic N) is 3. The molecule has 6 heteroatoms. The first-order valence-electron chi connectivity index (χ1n) is 8.00. The first-order valence-corrected chi connectivity index (χ1v) is 8.00. The van der Waals surface area contributed by atoms with Crippen LogP contribution in [0.2, 0.25) is 0 Å². The summed E-state index contributed by atoms with van der Waals surface area (Å²) < 4.78 is 5.77. The molecule has 1 aromatic heterocycles. The summed E-state index contributed by atoms with van der Waals surface area (Å²) in [4.78, 5) is 11.0. The minimum absolute atomic E-state index is 0.0156. The molecular weight excluding hydrogens is 278 g/mol. The first-order chi connectivity index (χ1) is 10.4. The van der Waals surface area contributed by atoms with Crippen molar-refractivity contribution >= 4 is 5.96 Å². The first kappa shape index (κ1) is 16.8. The standard InChI is InChI=1S/C16H29N5O/c1-16(2,3)13-10-18-14(22-13)11-20-15(17-4)19-9-12-7-6-8-21(12)5/h10,12H,6-9,11H2,1-5H3,(H2,17,19,20). The molecule has 0 bridgehead atoms. The number of rotatable bonds is 4. The van der Waals surface area contributed by atoms with Crippen molar-refractivity contribution in [3.63, 3.8) is 0 Å². The molecule has 1 unspecified atom stereocenters. The molecule has 2 rings (SSSR count). The number of guanidine groups is 1. The fourth-order valence-corrected chi connectivity index (χ4v) is 2.57. The number of aliphatic imine (C=N–C) groups is 1. The summed E-state index contributed by atoms with van der Waals surface area (Å²) in [6.45, 7) is 8.98. The lowest BCUT2D eigenvalue weighted by molar-refractivity contribution is 0.309. The summed E-state index contributed by atoms with van der Waals surface area (Å²) in [5.41, 5.74) is -0.0156. The van der Waals surface area contributed by atoms with Crippen molar-refractivity contribution in [2.24, 2.45) is 4.99 Å². The summed E-state index contributed by atoms with van der Waals surface area (Å²) in [7, 11) is 3.96. The van der Waals surface area contributed by atoms with Gasteiger partial charge in [-0.25, -0.2) is 4.98 Å². The normalized spacial score (nSPS) is 20.4. The Hall–Kier alpha value is -1.56. The summed E-state index contributed by atoms with van der Waals surface area (Å²) in [5, 5.41) is 6.63. The minimum atomic E-state index is -0.0156. The molecule has 0 spiro atoms. The van der Waals surface area contributed by atoms with Gasteiger partial charge in [0.05, 0.1) is 12.7 Å². The van der Waals surface area contributed by atoms with Gasteiger partial charge < -0.3 is 20.0 Å². The van der Waals surface area contributed by atoms with E-state index in [2.05, 4.69) is 53.3 Å². The zero-order chi connectivity index (χ0) is 16.2. The molecule has 0 amide bonds. The van der Waals surface area contributed by atoms with Crippen molar-refractivity contribution in [3.8, 4) is 0 Å². The Labute approximate surface area is 133 Å². The van der Waals surface area contributed by atoms with E-state index in [-0.39, 0.29) is 5.41 Å². The Morgan fingerprint density at radius 2 is 2.23 bits per heavy atom. The maximum atomic E-state index is 5.77. The molecule has 22 heavy (non-hydrogen) atoms. The van der Waals surface area contributed by atoms with E-state index < -0.39 is 0 Å². The SMILES string of the molecule is CN=C(NCc1ncc(C(C)(C)C)o1)NCC1CCCN1C. The number of hydrogen-bond donors (Lipinski definition) is 2. The highest BCUT2D eigenvalue weighted by atomic mass is 16.4. The summed E-state index contributed by atoms with van der Waals surface area (Å²) in [6.07, 6.45) is 4.33. The predicted molar refractivity (Wildman–Crippen MR) is 89.1 cm³/mol. The van der Waals surface area contributed by atoms with Crippen LogP contribution in [0.3, 0.4) is 0 Å². The molecule has 1 saturated heterocycles. The lowest BCUT2D eigenvalue weighted by Gasteiger charge is -2.21. The van der Waals surface area contributed by atoms with Crippen molar-refractivity contribution in [3.05, 3.63) is 17.8 Å². The quantitative estimate of drug-likeness (QED) is 0.655. The second kappa shape index (κ2) is 7.13. The zero-order valence-electron chi connectivity index (χ0n) is 14.4. The van der Waals surface area contributed by atoms with Gasteiger partial charge in [0.2, 0.25) is 5.89 Å². The van der Waals surface area contributed by atoms with Crippen LogP contribution in [-0.4, -0.2) is 49.1 Å². The van der Waals surface area contributed by atoms with Crippen LogP contribution in [-0.2, 0) is 12.0 Å². The third-order valence-corrected chi connectivity index (χ3v) is 4.10. The van der Waals surface area contributed by atoms with Crippen LogP contribution in [0.4, 0.5) is 0 Å². The molecule has 1 aliphatic rings. The average Bonchev–Trinajstić information content (AvgIpc) is 3.08. The number of aromatic nitrogens is 1. The van der Waals surface area contributed by atoms with E-state index in [9.17, 15) is 0 Å². The van der Waals surface area contributed by atoms with Gasteiger partial charge in [0.1, 0.15) is 5.76 Å². The van der Waals surface area contributed by atoms with E-state index in [1.54, 1.807) is 13.2 Å². The molecule has 1 fully saturated rings. The molecule has 1 atom stereocenters. The summed E-state index contributed by atoms with van der Waals surface area (Å²) >= 11 is 0. The van der Waals surface area contributed by atoms with Crippen LogP contribution >= 0.6 is 0 Å². The number of likely N-dealkylation sites (tertiary alicyclic amines) is 1. The molecule has 0 saturated carbocycles. The van der Waals surface area contributed by atoms with Gasteiger partial charge in [-0.05, 0) is 26.4 Å². The fraction of sp³-hybridized carbons (Fsp3) is 0.750. The van der Waals surface area contributed by atoms with Crippen LogP contribution in [0.15, 0.2) is 15.6 Å². The lowest BCUT2D eigenvalue weighted by Crippen LogP contribution is -2.43. The largest absolute Gasteiger partial charge is 0.443 e. The number of hydrogen-bond acceptors (Lipinski definition) is 4. The molecule has 0 aromatic carbocycles. The van der Waals surface area contributed by atoms with Crippen LogP contribution in [0.5, 0.6) is 0 Å². The molecule has 2 heterocycles. The van der Waals surface area contributed by atoms with E-state index in [1.807, 2.05) is 0 Å². The summed E-state index contributed by atoms with van der Waals surface area (Å²) in [5.74, 6) is 2.38. The van der Waals surface area contributed by atoms with Crippen molar-refractivity contribution in [2.45, 2.75) is 51.6 Å². The van der Waals surface area contributed by atoms with E-state index in [1.165, 1.54) is 19.4 Å². The van der Waals surface area contributed by atoms with Crippen LogP contribution in [0.25, 0.3) is 0 Å². The molecule has 2 N–H and O–H groups in total. The van der Waals surface area contributed by atoms with Crippen molar-refractivity contribution in [1.82, 2.24) is 20.5 Å². The van der Waals surface area contributed by atoms with Gasteiger partial charge in [-0.1, -0.05) is 20.8 Å². The van der Waals surface area contributed by atoms with Crippen LogP contribution in [0, 0.1) is 0 Å². The van der Waals surface area contributed by atoms with Gasteiger partial charge >= 0.3 is 0 Å². The van der Waals surface area contributed by atoms with E-state index in [0.29, 0.717) is 18.5 Å². The molecule has 1 aliphatic heterocycles. The third kappa shape index (κ3) is 4.47. The van der Waals surface area contributed by atoms with Gasteiger partial charge in [0.25, 0.3) is 0 Å². The van der Waals surface area contributed by atoms with Gasteiger partial charge in [0.15, 0.2) is 5.96 Å². The molecule has 0 radical (unpaired) electrons. The Kier molecular flexibility index (Phi) is 5.45. The Morgan fingerprint density at radius 1 is 1.45 bits per heavy atom. The number of oxazole rings is 1. The molecule has 6 nitrogen and oxygen atoms in total. The Balaban J connectivity index is 1.80. The van der Waals surface area contributed by atoms with Crippen LogP contribution in [0.1, 0.15) is 45.3 Å². The molecule has 0 aliphatic carbocycles. The number of nitrogens with one attached hydrogen (secondary N) is 2. The van der Waals surface area contributed by atoms with Crippen molar-refractivity contribution in [1.29, 1.82) is 0 Å². The van der Waals surface area contributed by atoms with Gasteiger partial charge in [-0.2, -0.15) is 0 Å². The average molecular weight is 307 g/mol. The Morgan fingerprint density at radius 3 is 2.77 bits per heavy atom. The monoisotopic (exact) mass is 307 g/mol. The zero-order valence-corrected chi connectivity index (χ0v) is 14.4. The fourth-order valence-electron chi connectivity index (χ4n) is 2.57. The predicted octanol–water partition coefficient (Wildman–Crippen LogP) is 1.73. The molecular formula is C16H29N5O. The highest BCUT2D eigenvalue weighted by Crippen LogP contribution is 2.22. The minimum Gasteiger partial charge on any atom is -0.443 e. The maximum absolute atomic E-state index is 5.77. The van der Waals surface area contributed by atoms with E-state index in [0.717, 1.165) is 18.3 Å². The van der Waals surface area contributed by atoms with Gasteiger partial charge in [-0.15, -0.1) is 0 Å². The van der Waals surface area contributed by atoms with E-state index >= 15 is 0 Å². The topological polar surface area (TPSA) is 65.7 Å². The van der Waals surface area contributed by atoms with Gasteiger partial charge in [0, 0.05) is 25.0 Å². The maximum Gasteiger partial charge on any atom is 0.213 e. The third-order valence-electron chi connectivity index (χ3n) is 4.10. The molecule has 124 valence electrons. The highest BCUT2D eigenvalue weighted by molar-refractivity contribution is 5.79.